The standard InChI is InChI=1S/C40H50N8O7/c1-23(2)34(46(4)40(53)54)38(51)48-19-7-9-32(48)36-42-21-30(44-36)28-16-12-26(13-17-28)25-10-14-27(15-11-25)29-20-41-35(43-29)31-8-6-18-47(31)37(50)33(24(3)22-49)45-39(52)55-5/h10-17,20-21,23-24,31-34,49H,6-9,18-19,22H2,1-5H3,(H,41,43)(H,42,44)(H,45,52)(H,53,54)/t24-,31-,32-,33-,34-/m0/s1. The highest BCUT2D eigenvalue weighted by Crippen LogP contribution is 2.35. The van der Waals surface area contributed by atoms with Crippen LogP contribution < -0.4 is 5.32 Å². The van der Waals surface area contributed by atoms with Crippen molar-refractivity contribution in [3.63, 3.8) is 0 Å². The van der Waals surface area contributed by atoms with Crippen LogP contribution in [0.1, 0.15) is 70.2 Å². The highest BCUT2D eigenvalue weighted by atomic mass is 16.5. The van der Waals surface area contributed by atoms with Gasteiger partial charge >= 0.3 is 12.2 Å². The first-order valence-electron chi connectivity index (χ1n) is 18.7. The smallest absolute Gasteiger partial charge is 0.407 e. The van der Waals surface area contributed by atoms with E-state index in [2.05, 4.69) is 25.3 Å². The number of aliphatic hydroxyl groups is 1. The molecule has 2 aromatic carbocycles. The Balaban J connectivity index is 1.11. The number of ether oxygens (including phenoxy) is 1. The monoisotopic (exact) mass is 754 g/mol. The summed E-state index contributed by atoms with van der Waals surface area (Å²) in [6.07, 6.45) is 4.74. The van der Waals surface area contributed by atoms with Crippen LogP contribution in [-0.2, 0) is 14.3 Å². The quantitative estimate of drug-likeness (QED) is 0.125. The molecular weight excluding hydrogens is 704 g/mol. The number of aromatic nitrogens is 4. The topological polar surface area (TPSA) is 197 Å². The van der Waals surface area contributed by atoms with E-state index in [1.54, 1.807) is 29.1 Å². The van der Waals surface area contributed by atoms with E-state index in [4.69, 9.17) is 4.74 Å². The molecule has 5 atom stereocenters. The van der Waals surface area contributed by atoms with E-state index < -0.39 is 30.2 Å². The summed E-state index contributed by atoms with van der Waals surface area (Å²) in [6, 6.07) is 14.0. The number of methoxy groups -OCH3 is 1. The number of alkyl carbamates (subject to hydrolysis) is 1. The van der Waals surface area contributed by atoms with Crippen LogP contribution in [0.4, 0.5) is 9.59 Å². The molecule has 15 heteroatoms. The summed E-state index contributed by atoms with van der Waals surface area (Å²) in [4.78, 5) is 71.5. The highest BCUT2D eigenvalue weighted by molar-refractivity contribution is 5.87. The fraction of sp³-hybridized carbons (Fsp3) is 0.450. The maximum Gasteiger partial charge on any atom is 0.407 e. The second-order valence-electron chi connectivity index (χ2n) is 14.8. The van der Waals surface area contributed by atoms with Gasteiger partial charge in [-0.2, -0.15) is 0 Å². The maximum absolute atomic E-state index is 13.6. The molecule has 6 rings (SSSR count). The lowest BCUT2D eigenvalue weighted by molar-refractivity contribution is -0.138. The lowest BCUT2D eigenvalue weighted by Crippen LogP contribution is -2.52. The molecule has 0 saturated carbocycles. The van der Waals surface area contributed by atoms with Crippen molar-refractivity contribution in [2.45, 2.75) is 70.6 Å². The van der Waals surface area contributed by atoms with Gasteiger partial charge in [0, 0.05) is 32.7 Å². The number of rotatable bonds is 12. The number of hydrogen-bond donors (Lipinski definition) is 5. The minimum atomic E-state index is -1.13. The van der Waals surface area contributed by atoms with Crippen molar-refractivity contribution in [1.82, 2.24) is 40.0 Å². The Morgan fingerprint density at radius 1 is 0.818 bits per heavy atom. The number of likely N-dealkylation sites (tertiary alicyclic amines) is 2. The van der Waals surface area contributed by atoms with E-state index in [1.807, 2.05) is 62.4 Å². The van der Waals surface area contributed by atoms with Crippen LogP contribution in [0.5, 0.6) is 0 Å². The number of hydrogen-bond acceptors (Lipinski definition) is 8. The minimum Gasteiger partial charge on any atom is -0.465 e. The van der Waals surface area contributed by atoms with Gasteiger partial charge in [0.1, 0.15) is 23.7 Å². The number of likely N-dealkylation sites (N-methyl/N-ethyl adjacent to an activating group) is 1. The summed E-state index contributed by atoms with van der Waals surface area (Å²) in [5, 5.41) is 21.9. The van der Waals surface area contributed by atoms with E-state index in [0.29, 0.717) is 24.7 Å². The van der Waals surface area contributed by atoms with Crippen LogP contribution in [0, 0.1) is 11.8 Å². The molecule has 0 spiro atoms. The number of carbonyl (C=O) groups is 4. The van der Waals surface area contributed by atoms with Crippen molar-refractivity contribution >= 4 is 24.0 Å². The third kappa shape index (κ3) is 8.21. The first-order valence-corrected chi connectivity index (χ1v) is 18.7. The van der Waals surface area contributed by atoms with Gasteiger partial charge in [-0.15, -0.1) is 0 Å². The zero-order chi connectivity index (χ0) is 39.4. The molecule has 2 aromatic heterocycles. The van der Waals surface area contributed by atoms with Crippen molar-refractivity contribution < 1.29 is 34.1 Å². The van der Waals surface area contributed by atoms with Gasteiger partial charge in [-0.1, -0.05) is 69.3 Å². The molecule has 15 nitrogen and oxygen atoms in total. The second kappa shape index (κ2) is 16.8. The molecule has 5 N–H and O–H groups in total. The normalized spacial score (nSPS) is 18.6. The van der Waals surface area contributed by atoms with E-state index >= 15 is 0 Å². The zero-order valence-electron chi connectivity index (χ0n) is 31.9. The van der Waals surface area contributed by atoms with Crippen LogP contribution in [0.2, 0.25) is 0 Å². The van der Waals surface area contributed by atoms with Crippen LogP contribution in [0.15, 0.2) is 60.9 Å². The summed E-state index contributed by atoms with van der Waals surface area (Å²) in [5.74, 6) is 0.179. The Hall–Kier alpha value is -5.70. The Morgan fingerprint density at radius 3 is 1.69 bits per heavy atom. The number of amides is 4. The average Bonchev–Trinajstić information content (AvgIpc) is 4.03. The number of nitrogens with zero attached hydrogens (tertiary/aromatic N) is 5. The molecule has 2 fully saturated rings. The number of carbonyl (C=O) groups excluding carboxylic acids is 3. The molecule has 292 valence electrons. The van der Waals surface area contributed by atoms with Gasteiger partial charge in [-0.3, -0.25) is 14.5 Å². The summed E-state index contributed by atoms with van der Waals surface area (Å²) in [7, 11) is 2.68. The van der Waals surface area contributed by atoms with Gasteiger partial charge in [-0.05, 0) is 53.9 Å². The molecule has 2 aliphatic rings. The fourth-order valence-electron chi connectivity index (χ4n) is 7.72. The molecule has 2 aliphatic heterocycles. The number of carboxylic acid groups (broad SMARTS) is 1. The molecule has 0 bridgehead atoms. The summed E-state index contributed by atoms with van der Waals surface area (Å²) in [5.41, 5.74) is 5.59. The maximum atomic E-state index is 13.6. The van der Waals surface area contributed by atoms with Crippen molar-refractivity contribution in [2.24, 2.45) is 11.8 Å². The van der Waals surface area contributed by atoms with E-state index in [9.17, 15) is 29.4 Å². The molecule has 4 amide bonds. The van der Waals surface area contributed by atoms with Crippen molar-refractivity contribution in [3.8, 4) is 33.6 Å². The molecule has 4 aromatic rings. The first kappa shape index (κ1) is 39.0. The minimum absolute atomic E-state index is 0.178. The molecule has 0 aliphatic carbocycles. The van der Waals surface area contributed by atoms with Crippen LogP contribution >= 0.6 is 0 Å². The highest BCUT2D eigenvalue weighted by Gasteiger charge is 2.40. The summed E-state index contributed by atoms with van der Waals surface area (Å²) in [6.45, 7) is 6.21. The molecule has 0 unspecified atom stereocenters. The predicted octanol–water partition coefficient (Wildman–Crippen LogP) is 5.45. The molecule has 4 heterocycles. The Kier molecular flexibility index (Phi) is 11.9. The number of imidazole rings is 2. The van der Waals surface area contributed by atoms with Crippen LogP contribution in [0.3, 0.4) is 0 Å². The number of H-pyrrole nitrogens is 2. The molecular formula is C40H50N8O7. The Bertz CT molecular complexity index is 1970. The number of benzene rings is 2. The van der Waals surface area contributed by atoms with Gasteiger partial charge in [0.25, 0.3) is 0 Å². The predicted molar refractivity (Wildman–Crippen MR) is 204 cm³/mol. The fourth-order valence-corrected chi connectivity index (χ4v) is 7.72. The van der Waals surface area contributed by atoms with Crippen molar-refractivity contribution in [1.29, 1.82) is 0 Å². The largest absolute Gasteiger partial charge is 0.465 e. The number of aliphatic hydroxyl groups excluding tert-OH is 1. The third-order valence-electron chi connectivity index (χ3n) is 10.8. The van der Waals surface area contributed by atoms with E-state index in [-0.39, 0.29) is 36.4 Å². The van der Waals surface area contributed by atoms with Gasteiger partial charge in [0.2, 0.25) is 11.8 Å². The number of aromatic amines is 2. The average molecular weight is 755 g/mol. The lowest BCUT2D eigenvalue weighted by atomic mass is 10.0. The summed E-state index contributed by atoms with van der Waals surface area (Å²) >= 11 is 0. The Labute approximate surface area is 320 Å². The van der Waals surface area contributed by atoms with Gasteiger partial charge in [0.15, 0.2) is 0 Å². The lowest BCUT2D eigenvalue weighted by Gasteiger charge is -2.33. The van der Waals surface area contributed by atoms with Crippen LogP contribution in [0.25, 0.3) is 33.6 Å². The van der Waals surface area contributed by atoms with Gasteiger partial charge < -0.3 is 40.0 Å². The van der Waals surface area contributed by atoms with Gasteiger partial charge in [0.05, 0.1) is 43.0 Å². The third-order valence-corrected chi connectivity index (χ3v) is 10.8. The van der Waals surface area contributed by atoms with Crippen molar-refractivity contribution in [2.75, 3.05) is 33.9 Å². The summed E-state index contributed by atoms with van der Waals surface area (Å²) < 4.78 is 4.71. The number of nitrogens with one attached hydrogen (secondary N) is 3. The van der Waals surface area contributed by atoms with Gasteiger partial charge in [-0.25, -0.2) is 19.6 Å². The van der Waals surface area contributed by atoms with Crippen molar-refractivity contribution in [3.05, 3.63) is 72.6 Å². The van der Waals surface area contributed by atoms with E-state index in [0.717, 1.165) is 64.2 Å². The molecule has 0 radical (unpaired) electrons. The molecule has 2 saturated heterocycles. The van der Waals surface area contributed by atoms with E-state index in [1.165, 1.54) is 14.2 Å². The second-order valence-corrected chi connectivity index (χ2v) is 14.8. The SMILES string of the molecule is COC(=O)N[C@H](C(=O)N1CCC[C@H]1c1ncc(-c2ccc(-c3ccc(-c4cnc([C@@H]5CCCN5C(=O)[C@H](C(C)C)N(C)C(=O)O)[nH]4)cc3)cc2)[nH]1)[C@@H](C)CO. The molecule has 55 heavy (non-hydrogen) atoms. The zero-order valence-corrected chi connectivity index (χ0v) is 31.9. The first-order chi connectivity index (χ1) is 26.4. The van der Waals surface area contributed by atoms with Crippen LogP contribution in [-0.4, -0.2) is 115 Å². The Morgan fingerprint density at radius 2 is 1.27 bits per heavy atom.